The van der Waals surface area contributed by atoms with E-state index in [1.807, 2.05) is 6.07 Å². The fourth-order valence-electron chi connectivity index (χ4n) is 2.90. The smallest absolute Gasteiger partial charge is 0.378 e. The number of anilines is 2. The monoisotopic (exact) mass is 444 g/mol. The molecule has 1 aliphatic heterocycles. The van der Waals surface area contributed by atoms with Crippen molar-refractivity contribution < 1.29 is 22.7 Å². The number of benzene rings is 2. The molecular weight excluding hydrogens is 428 g/mol. The number of hydrogen-bond acceptors (Lipinski definition) is 3. The first-order valence-corrected chi connectivity index (χ1v) is 9.48. The Kier molecular flexibility index (Phi) is 6.72. The Labute approximate surface area is 175 Å². The molecule has 0 radical (unpaired) electrons. The maximum atomic E-state index is 13.0. The Morgan fingerprint density at radius 3 is 2.52 bits per heavy atom. The van der Waals surface area contributed by atoms with Gasteiger partial charge in [-0.15, -0.1) is 0 Å². The zero-order valence-corrected chi connectivity index (χ0v) is 16.6. The van der Waals surface area contributed by atoms with Crippen LogP contribution in [0.2, 0.25) is 10.0 Å². The summed E-state index contributed by atoms with van der Waals surface area (Å²) in [5.74, 6) is -0.495. The molecule has 1 fully saturated rings. The second kappa shape index (κ2) is 9.07. The van der Waals surface area contributed by atoms with Crippen LogP contribution in [0.5, 0.6) is 0 Å². The Morgan fingerprint density at radius 2 is 1.83 bits per heavy atom. The molecular formula is C20H17Cl2F3N2O2. The lowest BCUT2D eigenvalue weighted by atomic mass is 10.1. The largest absolute Gasteiger partial charge is 0.417 e. The third-order valence-corrected chi connectivity index (χ3v) is 4.86. The van der Waals surface area contributed by atoms with Crippen molar-refractivity contribution in [1.29, 1.82) is 0 Å². The number of nitrogens with zero attached hydrogens (tertiary/aromatic N) is 1. The predicted octanol–water partition coefficient (Wildman–Crippen LogP) is 5.50. The van der Waals surface area contributed by atoms with Crippen LogP contribution in [0.4, 0.5) is 24.5 Å². The highest BCUT2D eigenvalue weighted by atomic mass is 35.5. The van der Waals surface area contributed by atoms with Crippen molar-refractivity contribution in [2.45, 2.75) is 6.18 Å². The standard InChI is InChI=1S/C20H17Cl2F3N2O2/c21-14-3-5-18(27-7-9-29-10-8-27)17(12-14)26-19(28)6-2-13-1-4-16(22)15(11-13)20(23,24)25/h1-6,11-12H,7-10H2,(H,26,28)/b6-2+. The molecule has 3 rings (SSSR count). The minimum atomic E-state index is -4.57. The van der Waals surface area contributed by atoms with Crippen molar-refractivity contribution in [3.8, 4) is 0 Å². The highest BCUT2D eigenvalue weighted by Crippen LogP contribution is 2.35. The number of rotatable bonds is 4. The van der Waals surface area contributed by atoms with Crippen LogP contribution in [-0.2, 0) is 15.7 Å². The van der Waals surface area contributed by atoms with E-state index in [-0.39, 0.29) is 5.56 Å². The summed E-state index contributed by atoms with van der Waals surface area (Å²) >= 11 is 11.7. The summed E-state index contributed by atoms with van der Waals surface area (Å²) in [7, 11) is 0. The first-order chi connectivity index (χ1) is 13.7. The van der Waals surface area contributed by atoms with E-state index in [2.05, 4.69) is 10.2 Å². The van der Waals surface area contributed by atoms with E-state index in [0.717, 1.165) is 23.9 Å². The van der Waals surface area contributed by atoms with Gasteiger partial charge in [-0.25, -0.2) is 0 Å². The van der Waals surface area contributed by atoms with Crippen LogP contribution in [0.1, 0.15) is 11.1 Å². The molecule has 0 bridgehead atoms. The van der Waals surface area contributed by atoms with Gasteiger partial charge in [-0.05, 0) is 42.0 Å². The molecule has 1 amide bonds. The molecule has 9 heteroatoms. The second-order valence-electron chi connectivity index (χ2n) is 6.32. The van der Waals surface area contributed by atoms with E-state index in [4.69, 9.17) is 27.9 Å². The van der Waals surface area contributed by atoms with E-state index < -0.39 is 22.7 Å². The van der Waals surface area contributed by atoms with Gasteiger partial charge in [0.25, 0.3) is 0 Å². The van der Waals surface area contributed by atoms with Crippen LogP contribution in [0.3, 0.4) is 0 Å². The van der Waals surface area contributed by atoms with Gasteiger partial charge in [-0.2, -0.15) is 13.2 Å². The van der Waals surface area contributed by atoms with Crippen molar-refractivity contribution in [3.05, 3.63) is 63.6 Å². The van der Waals surface area contributed by atoms with Crippen molar-refractivity contribution in [3.63, 3.8) is 0 Å². The lowest BCUT2D eigenvalue weighted by molar-refractivity contribution is -0.137. The van der Waals surface area contributed by atoms with Crippen LogP contribution in [0.25, 0.3) is 6.08 Å². The minimum Gasteiger partial charge on any atom is -0.378 e. The maximum Gasteiger partial charge on any atom is 0.417 e. The molecule has 2 aromatic rings. The molecule has 1 saturated heterocycles. The van der Waals surface area contributed by atoms with Gasteiger partial charge in [-0.3, -0.25) is 4.79 Å². The maximum absolute atomic E-state index is 13.0. The predicted molar refractivity (Wildman–Crippen MR) is 109 cm³/mol. The van der Waals surface area contributed by atoms with Gasteiger partial charge in [0, 0.05) is 24.2 Å². The summed E-state index contributed by atoms with van der Waals surface area (Å²) in [5.41, 5.74) is 0.564. The molecule has 0 aromatic heterocycles. The van der Waals surface area contributed by atoms with E-state index >= 15 is 0 Å². The second-order valence-corrected chi connectivity index (χ2v) is 7.16. The number of carbonyl (C=O) groups is 1. The van der Waals surface area contributed by atoms with Crippen LogP contribution in [0.15, 0.2) is 42.5 Å². The highest BCUT2D eigenvalue weighted by Gasteiger charge is 2.33. The number of nitrogens with one attached hydrogen (secondary N) is 1. The Morgan fingerprint density at radius 1 is 1.10 bits per heavy atom. The van der Waals surface area contributed by atoms with Gasteiger partial charge in [0.15, 0.2) is 0 Å². The zero-order chi connectivity index (χ0) is 21.0. The van der Waals surface area contributed by atoms with Crippen molar-refractivity contribution >= 4 is 46.6 Å². The highest BCUT2D eigenvalue weighted by molar-refractivity contribution is 6.31. The molecule has 2 aromatic carbocycles. The van der Waals surface area contributed by atoms with E-state index in [9.17, 15) is 18.0 Å². The summed E-state index contributed by atoms with van der Waals surface area (Å²) in [5, 5.41) is 2.79. The zero-order valence-electron chi connectivity index (χ0n) is 15.1. The van der Waals surface area contributed by atoms with Crippen LogP contribution >= 0.6 is 23.2 Å². The quantitative estimate of drug-likeness (QED) is 0.632. The molecule has 1 aliphatic rings. The van der Waals surface area contributed by atoms with Crippen LogP contribution < -0.4 is 10.2 Å². The molecule has 154 valence electrons. The van der Waals surface area contributed by atoms with E-state index in [0.29, 0.717) is 37.0 Å². The molecule has 1 heterocycles. The summed E-state index contributed by atoms with van der Waals surface area (Å²) in [6, 6.07) is 8.61. The van der Waals surface area contributed by atoms with Crippen LogP contribution in [0, 0.1) is 0 Å². The summed E-state index contributed by atoms with van der Waals surface area (Å²) in [6.45, 7) is 2.50. The Hall–Kier alpha value is -2.22. The summed E-state index contributed by atoms with van der Waals surface area (Å²) in [6.07, 6.45) is -2.12. The molecule has 29 heavy (non-hydrogen) atoms. The van der Waals surface area contributed by atoms with E-state index in [1.165, 1.54) is 12.1 Å². The third-order valence-electron chi connectivity index (χ3n) is 4.29. The van der Waals surface area contributed by atoms with Gasteiger partial charge in [0.2, 0.25) is 5.91 Å². The molecule has 0 spiro atoms. The topological polar surface area (TPSA) is 41.6 Å². The van der Waals surface area contributed by atoms with Gasteiger partial charge in [0.05, 0.1) is 35.2 Å². The number of halogens is 5. The summed E-state index contributed by atoms with van der Waals surface area (Å²) in [4.78, 5) is 14.4. The number of carbonyl (C=O) groups excluding carboxylic acids is 1. The third kappa shape index (κ3) is 5.65. The lowest BCUT2D eigenvalue weighted by Gasteiger charge is -2.30. The average molecular weight is 445 g/mol. The van der Waals surface area contributed by atoms with Gasteiger partial charge < -0.3 is 15.0 Å². The lowest BCUT2D eigenvalue weighted by Crippen LogP contribution is -2.36. The summed E-state index contributed by atoms with van der Waals surface area (Å²) < 4.78 is 44.2. The normalized spacial score (nSPS) is 15.0. The fraction of sp³-hybridized carbons (Fsp3) is 0.250. The number of ether oxygens (including phenoxy) is 1. The molecule has 1 N–H and O–H groups in total. The Bertz CT molecular complexity index is 926. The molecule has 0 atom stereocenters. The number of hydrogen-bond donors (Lipinski definition) is 1. The van der Waals surface area contributed by atoms with Crippen molar-refractivity contribution in [2.75, 3.05) is 36.5 Å². The first-order valence-electron chi connectivity index (χ1n) is 8.72. The fourth-order valence-corrected chi connectivity index (χ4v) is 3.30. The van der Waals surface area contributed by atoms with Gasteiger partial charge >= 0.3 is 6.18 Å². The minimum absolute atomic E-state index is 0.205. The van der Waals surface area contributed by atoms with Gasteiger partial charge in [-0.1, -0.05) is 29.3 Å². The number of alkyl halides is 3. The SMILES string of the molecule is O=C(/C=C/c1ccc(Cl)c(C(F)(F)F)c1)Nc1cc(Cl)ccc1N1CCOCC1. The molecule has 0 unspecified atom stereocenters. The number of morpholine rings is 1. The van der Waals surface area contributed by atoms with Gasteiger partial charge in [0.1, 0.15) is 0 Å². The molecule has 4 nitrogen and oxygen atoms in total. The van der Waals surface area contributed by atoms with Crippen LogP contribution in [-0.4, -0.2) is 32.2 Å². The van der Waals surface area contributed by atoms with Crippen molar-refractivity contribution in [1.82, 2.24) is 0 Å². The Balaban J connectivity index is 1.77. The first kappa shape index (κ1) is 21.5. The van der Waals surface area contributed by atoms with E-state index in [1.54, 1.807) is 12.1 Å². The van der Waals surface area contributed by atoms with Crippen molar-refractivity contribution in [2.24, 2.45) is 0 Å². The average Bonchev–Trinajstić information content (AvgIpc) is 2.67. The molecule has 0 saturated carbocycles. The number of amides is 1. The molecule has 0 aliphatic carbocycles.